The van der Waals surface area contributed by atoms with Crippen LogP contribution < -0.4 is 5.32 Å². The molecule has 1 saturated carbocycles. The van der Waals surface area contributed by atoms with Gasteiger partial charge in [0.1, 0.15) is 5.37 Å². The Morgan fingerprint density at radius 2 is 2.20 bits per heavy atom. The molecule has 4 nitrogen and oxygen atoms in total. The largest absolute Gasteiger partial charge is 0.313 e. The van der Waals surface area contributed by atoms with Gasteiger partial charge in [0.15, 0.2) is 9.84 Å². The molecule has 1 aliphatic heterocycles. The summed E-state index contributed by atoms with van der Waals surface area (Å²) >= 11 is 0. The van der Waals surface area contributed by atoms with Gasteiger partial charge in [0.25, 0.3) is 0 Å². The average Bonchev–Trinajstić information content (AvgIpc) is 3.01. The molecule has 0 radical (unpaired) electrons. The highest BCUT2D eigenvalue weighted by Crippen LogP contribution is 2.30. The zero-order valence-corrected chi connectivity index (χ0v) is 9.67. The number of hydrogen-bond donors (Lipinski definition) is 1. The quantitative estimate of drug-likeness (QED) is 0.690. The predicted octanol–water partition coefficient (Wildman–Crippen LogP) is -0.0191. The van der Waals surface area contributed by atoms with Crippen LogP contribution in [0, 0.1) is 0 Å². The van der Waals surface area contributed by atoms with E-state index in [1.807, 2.05) is 0 Å². The molecular weight excluding hydrogens is 212 g/mol. The Balaban J connectivity index is 2.12. The number of nitrogens with one attached hydrogen (secondary N) is 1. The van der Waals surface area contributed by atoms with Crippen molar-refractivity contribution in [3.8, 4) is 0 Å². The number of nitrogens with zero attached hydrogens (tertiary/aromatic N) is 1. The van der Waals surface area contributed by atoms with Gasteiger partial charge >= 0.3 is 0 Å². The molecule has 1 atom stereocenters. The van der Waals surface area contributed by atoms with E-state index in [4.69, 9.17) is 0 Å². The molecule has 5 heteroatoms. The van der Waals surface area contributed by atoms with Crippen molar-refractivity contribution in [2.24, 2.45) is 0 Å². The summed E-state index contributed by atoms with van der Waals surface area (Å²) in [7, 11) is -3.04. The molecule has 0 aromatic rings. The van der Waals surface area contributed by atoms with Crippen molar-refractivity contribution in [2.75, 3.05) is 25.4 Å². The molecule has 1 heterocycles. The lowest BCUT2D eigenvalue weighted by Gasteiger charge is -2.35. The van der Waals surface area contributed by atoms with Crippen LogP contribution in [0.25, 0.3) is 0 Å². The first kappa shape index (κ1) is 11.1. The van der Waals surface area contributed by atoms with Gasteiger partial charge in [0.05, 0.1) is 5.75 Å². The monoisotopic (exact) mass is 230 g/mol. The third-order valence-corrected chi connectivity index (χ3v) is 4.98. The maximum Gasteiger partial charge on any atom is 0.171 e. The minimum absolute atomic E-state index is 0.0859. The van der Waals surface area contributed by atoms with Crippen LogP contribution in [0.5, 0.6) is 0 Å². The molecule has 0 aromatic carbocycles. The minimum atomic E-state index is -3.04. The molecule has 1 aliphatic carbocycles. The van der Waals surface area contributed by atoms with Crippen LogP contribution in [-0.2, 0) is 9.84 Å². The normalized spacial score (nSPS) is 28.9. The van der Waals surface area contributed by atoms with E-state index in [0.717, 1.165) is 25.9 Å². The number of hydrogen-bond acceptors (Lipinski definition) is 4. The molecule has 2 fully saturated rings. The fraction of sp³-hybridized carbons (Fsp3) is 0.800. The van der Waals surface area contributed by atoms with Crippen LogP contribution >= 0.6 is 0 Å². The van der Waals surface area contributed by atoms with Gasteiger partial charge in [-0.2, -0.15) is 0 Å². The summed E-state index contributed by atoms with van der Waals surface area (Å²) in [5.74, 6) is 0.0859. The van der Waals surface area contributed by atoms with Crippen molar-refractivity contribution in [1.82, 2.24) is 10.2 Å². The molecule has 2 aliphatic rings. The maximum absolute atomic E-state index is 12.0. The lowest BCUT2D eigenvalue weighted by Crippen LogP contribution is -2.55. The van der Waals surface area contributed by atoms with Gasteiger partial charge in [-0.1, -0.05) is 6.08 Å². The van der Waals surface area contributed by atoms with Crippen molar-refractivity contribution in [2.45, 2.75) is 24.3 Å². The third kappa shape index (κ3) is 2.41. The Morgan fingerprint density at radius 3 is 2.80 bits per heavy atom. The summed E-state index contributed by atoms with van der Waals surface area (Å²) in [6.45, 7) is 5.82. The van der Waals surface area contributed by atoms with Crippen LogP contribution in [0.3, 0.4) is 0 Å². The van der Waals surface area contributed by atoms with Gasteiger partial charge in [-0.3, -0.25) is 4.90 Å². The van der Waals surface area contributed by atoms with E-state index in [1.165, 1.54) is 6.08 Å². The highest BCUT2D eigenvalue weighted by Gasteiger charge is 2.40. The number of rotatable bonds is 4. The van der Waals surface area contributed by atoms with Crippen molar-refractivity contribution in [3.63, 3.8) is 0 Å². The first-order valence-electron chi connectivity index (χ1n) is 5.44. The van der Waals surface area contributed by atoms with Gasteiger partial charge < -0.3 is 5.32 Å². The molecule has 0 aromatic heterocycles. The topological polar surface area (TPSA) is 49.4 Å². The maximum atomic E-state index is 12.0. The van der Waals surface area contributed by atoms with E-state index >= 15 is 0 Å². The van der Waals surface area contributed by atoms with E-state index in [-0.39, 0.29) is 11.1 Å². The summed E-state index contributed by atoms with van der Waals surface area (Å²) in [5.41, 5.74) is 0. The molecular formula is C10H18N2O2S. The number of sulfone groups is 1. The molecule has 0 amide bonds. The molecule has 0 bridgehead atoms. The highest BCUT2D eigenvalue weighted by molar-refractivity contribution is 7.92. The Bertz CT molecular complexity index is 335. The van der Waals surface area contributed by atoms with E-state index in [1.54, 1.807) is 0 Å². The van der Waals surface area contributed by atoms with Crippen LogP contribution in [0.1, 0.15) is 12.8 Å². The second-order valence-corrected chi connectivity index (χ2v) is 6.45. The summed E-state index contributed by atoms with van der Waals surface area (Å²) in [4.78, 5) is 2.15. The Hall–Kier alpha value is -0.390. The summed E-state index contributed by atoms with van der Waals surface area (Å²) < 4.78 is 24.0. The van der Waals surface area contributed by atoms with E-state index < -0.39 is 9.84 Å². The van der Waals surface area contributed by atoms with Gasteiger partial charge in [0.2, 0.25) is 0 Å². The predicted molar refractivity (Wildman–Crippen MR) is 60.4 cm³/mol. The third-order valence-electron chi connectivity index (χ3n) is 3.02. The standard InChI is InChI=1S/C10H18N2O2S/c1-2-7-15(13,14)10-8-11-5-6-12(10)9-3-4-9/h2,9-11H,1,3-8H2. The van der Waals surface area contributed by atoms with E-state index in [0.29, 0.717) is 12.6 Å². The fourth-order valence-corrected chi connectivity index (χ4v) is 3.74. The van der Waals surface area contributed by atoms with Crippen molar-refractivity contribution < 1.29 is 8.42 Å². The van der Waals surface area contributed by atoms with Crippen molar-refractivity contribution >= 4 is 9.84 Å². The van der Waals surface area contributed by atoms with Crippen LogP contribution in [0.15, 0.2) is 12.7 Å². The van der Waals surface area contributed by atoms with Gasteiger partial charge in [-0.25, -0.2) is 8.42 Å². The number of piperazine rings is 1. The minimum Gasteiger partial charge on any atom is -0.313 e. The summed E-state index contributed by atoms with van der Waals surface area (Å²) in [5, 5.41) is 2.82. The molecule has 86 valence electrons. The first-order chi connectivity index (χ1) is 7.15. The smallest absolute Gasteiger partial charge is 0.171 e. The molecule has 2 rings (SSSR count). The van der Waals surface area contributed by atoms with Crippen LogP contribution in [0.4, 0.5) is 0 Å². The molecule has 15 heavy (non-hydrogen) atoms. The van der Waals surface area contributed by atoms with Gasteiger partial charge in [-0.15, -0.1) is 6.58 Å². The second-order valence-electron chi connectivity index (χ2n) is 4.25. The Kier molecular flexibility index (Phi) is 3.13. The Morgan fingerprint density at radius 1 is 1.47 bits per heavy atom. The second kappa shape index (κ2) is 4.23. The Labute approximate surface area is 91.3 Å². The molecule has 1 N–H and O–H groups in total. The van der Waals surface area contributed by atoms with Gasteiger partial charge in [-0.05, 0) is 12.8 Å². The lowest BCUT2D eigenvalue weighted by molar-refractivity contribution is 0.201. The molecule has 1 saturated heterocycles. The zero-order chi connectivity index (χ0) is 10.9. The van der Waals surface area contributed by atoms with Gasteiger partial charge in [0, 0.05) is 25.7 Å². The molecule has 1 unspecified atom stereocenters. The average molecular weight is 230 g/mol. The zero-order valence-electron chi connectivity index (χ0n) is 8.85. The van der Waals surface area contributed by atoms with Crippen molar-refractivity contribution in [1.29, 1.82) is 0 Å². The van der Waals surface area contributed by atoms with E-state index in [2.05, 4.69) is 16.8 Å². The first-order valence-corrected chi connectivity index (χ1v) is 7.15. The summed E-state index contributed by atoms with van der Waals surface area (Å²) in [6.07, 6.45) is 3.79. The van der Waals surface area contributed by atoms with Crippen LogP contribution in [-0.4, -0.2) is 50.1 Å². The van der Waals surface area contributed by atoms with Crippen LogP contribution in [0.2, 0.25) is 0 Å². The van der Waals surface area contributed by atoms with E-state index in [9.17, 15) is 8.42 Å². The van der Waals surface area contributed by atoms with Crippen molar-refractivity contribution in [3.05, 3.63) is 12.7 Å². The fourth-order valence-electron chi connectivity index (χ4n) is 2.13. The summed E-state index contributed by atoms with van der Waals surface area (Å²) in [6, 6.07) is 0.511. The SMILES string of the molecule is C=CCS(=O)(=O)C1CNCCN1C1CC1. The highest BCUT2D eigenvalue weighted by atomic mass is 32.2. The lowest BCUT2D eigenvalue weighted by atomic mass is 10.3. The molecule has 0 spiro atoms.